The van der Waals surface area contributed by atoms with E-state index in [0.717, 1.165) is 38.2 Å². The molecule has 1 N–H and O–H groups in total. The van der Waals surface area contributed by atoms with Gasteiger partial charge in [0, 0.05) is 17.2 Å². The van der Waals surface area contributed by atoms with Crippen molar-refractivity contribution in [3.05, 3.63) is 59.7 Å². The van der Waals surface area contributed by atoms with Gasteiger partial charge < -0.3 is 5.11 Å². The zero-order chi connectivity index (χ0) is 18.7. The van der Waals surface area contributed by atoms with E-state index in [9.17, 15) is 4.79 Å². The first kappa shape index (κ1) is 18.5. The predicted molar refractivity (Wildman–Crippen MR) is 109 cm³/mol. The minimum atomic E-state index is -0.763. The lowest BCUT2D eigenvalue weighted by molar-refractivity contribution is -0.136. The van der Waals surface area contributed by atoms with Gasteiger partial charge in [0.1, 0.15) is 0 Å². The third-order valence-electron chi connectivity index (χ3n) is 4.23. The Balaban J connectivity index is 1.94. The fourth-order valence-corrected chi connectivity index (χ4v) is 3.73. The Labute approximate surface area is 158 Å². The van der Waals surface area contributed by atoms with Crippen molar-refractivity contribution >= 4 is 28.5 Å². The molecule has 3 aromatic rings. The van der Waals surface area contributed by atoms with Crippen LogP contribution in [0.4, 0.5) is 0 Å². The molecule has 0 atom stereocenters. The summed E-state index contributed by atoms with van der Waals surface area (Å²) >= 11 is 1.77. The van der Waals surface area contributed by atoms with Gasteiger partial charge in [-0.2, -0.15) is 0 Å². The van der Waals surface area contributed by atoms with Crippen molar-refractivity contribution in [2.24, 2.45) is 0 Å². The topological polar surface area (TPSA) is 50.2 Å². The third kappa shape index (κ3) is 4.44. The molecule has 0 saturated heterocycles. The van der Waals surface area contributed by atoms with Gasteiger partial charge in [-0.1, -0.05) is 50.2 Å². The maximum atomic E-state index is 10.8. The highest BCUT2D eigenvalue weighted by Crippen LogP contribution is 2.29. The van der Waals surface area contributed by atoms with Crippen LogP contribution in [0.2, 0.25) is 0 Å². The number of aromatic nitrogens is 1. The molecule has 26 heavy (non-hydrogen) atoms. The minimum Gasteiger partial charge on any atom is -0.481 e. The van der Waals surface area contributed by atoms with Crippen LogP contribution >= 0.6 is 11.8 Å². The van der Waals surface area contributed by atoms with Crippen LogP contribution in [0.25, 0.3) is 22.0 Å². The van der Waals surface area contributed by atoms with E-state index >= 15 is 0 Å². The van der Waals surface area contributed by atoms with Crippen LogP contribution in [0.1, 0.15) is 31.4 Å². The first-order valence-electron chi connectivity index (χ1n) is 8.81. The summed E-state index contributed by atoms with van der Waals surface area (Å²) in [6.45, 7) is 6.43. The highest BCUT2D eigenvalue weighted by Gasteiger charge is 2.09. The molecule has 0 radical (unpaired) electrons. The number of fused-ring (bicyclic) bond motifs is 1. The van der Waals surface area contributed by atoms with Gasteiger partial charge in [-0.15, -0.1) is 11.8 Å². The van der Waals surface area contributed by atoms with Crippen molar-refractivity contribution < 1.29 is 9.90 Å². The summed E-state index contributed by atoms with van der Waals surface area (Å²) < 4.78 is 0. The molecule has 134 valence electrons. The van der Waals surface area contributed by atoms with E-state index in [1.807, 2.05) is 6.07 Å². The molecule has 0 aliphatic heterocycles. The van der Waals surface area contributed by atoms with Crippen LogP contribution in [0.3, 0.4) is 0 Å². The molecule has 1 aromatic heterocycles. The predicted octanol–water partition coefficient (Wildman–Crippen LogP) is 5.73. The number of hydrogen-bond donors (Lipinski definition) is 1. The number of aryl methyl sites for hydroxylation is 2. The van der Waals surface area contributed by atoms with Crippen molar-refractivity contribution in [1.29, 1.82) is 0 Å². The summed E-state index contributed by atoms with van der Waals surface area (Å²) in [5.74, 6) is -0.763. The van der Waals surface area contributed by atoms with E-state index in [4.69, 9.17) is 10.1 Å². The number of thioether (sulfide) groups is 1. The molecule has 0 bridgehead atoms. The van der Waals surface area contributed by atoms with Gasteiger partial charge in [-0.25, -0.2) is 4.98 Å². The lowest BCUT2D eigenvalue weighted by atomic mass is 9.99. The van der Waals surface area contributed by atoms with E-state index in [1.165, 1.54) is 0 Å². The molecule has 0 spiro atoms. The van der Waals surface area contributed by atoms with Crippen molar-refractivity contribution in [3.8, 4) is 11.3 Å². The zero-order valence-corrected chi connectivity index (χ0v) is 16.1. The Hall–Kier alpha value is -2.33. The number of hydrogen-bond acceptors (Lipinski definition) is 3. The van der Waals surface area contributed by atoms with E-state index in [1.54, 1.807) is 11.8 Å². The second kappa shape index (κ2) is 7.92. The summed E-state index contributed by atoms with van der Waals surface area (Å²) in [5, 5.41) is 12.7. The highest BCUT2D eigenvalue weighted by molar-refractivity contribution is 7.99. The Kier molecular flexibility index (Phi) is 5.62. The largest absolute Gasteiger partial charge is 0.481 e. The SMILES string of the molecule is Cc1ccc(SC(C)C)nc1-c1ccc2cc(CCC(=O)O)ccc2c1. The second-order valence-corrected chi connectivity index (χ2v) is 8.37. The summed E-state index contributed by atoms with van der Waals surface area (Å²) in [4.78, 5) is 15.6. The molecule has 0 aliphatic carbocycles. The molecule has 0 fully saturated rings. The van der Waals surface area contributed by atoms with Gasteiger partial charge >= 0.3 is 5.97 Å². The maximum absolute atomic E-state index is 10.8. The average molecular weight is 365 g/mol. The van der Waals surface area contributed by atoms with Crippen molar-refractivity contribution in [3.63, 3.8) is 0 Å². The summed E-state index contributed by atoms with van der Waals surface area (Å²) in [6, 6.07) is 16.7. The van der Waals surface area contributed by atoms with Crippen molar-refractivity contribution in [2.45, 2.75) is 43.9 Å². The van der Waals surface area contributed by atoms with Crippen LogP contribution < -0.4 is 0 Å². The minimum absolute atomic E-state index is 0.160. The molecule has 2 aromatic carbocycles. The van der Waals surface area contributed by atoms with Crippen LogP contribution in [0.5, 0.6) is 0 Å². The number of benzene rings is 2. The number of carbonyl (C=O) groups is 1. The Morgan fingerprint density at radius 3 is 2.54 bits per heavy atom. The number of rotatable bonds is 6. The summed E-state index contributed by atoms with van der Waals surface area (Å²) in [7, 11) is 0. The highest BCUT2D eigenvalue weighted by atomic mass is 32.2. The smallest absolute Gasteiger partial charge is 0.303 e. The molecule has 0 aliphatic rings. The standard InChI is InChI=1S/C22H23NO2S/c1-14(2)26-20-10-4-15(3)22(23-20)19-9-8-17-12-16(6-11-21(24)25)5-7-18(17)13-19/h4-5,7-10,12-14H,6,11H2,1-3H3,(H,24,25). The fourth-order valence-electron chi connectivity index (χ4n) is 2.96. The van der Waals surface area contributed by atoms with Gasteiger partial charge in [0.2, 0.25) is 0 Å². The Bertz CT molecular complexity index is 950. The number of pyridine rings is 1. The molecule has 0 saturated carbocycles. The zero-order valence-electron chi connectivity index (χ0n) is 15.3. The van der Waals surface area contributed by atoms with E-state index in [-0.39, 0.29) is 6.42 Å². The first-order chi connectivity index (χ1) is 12.4. The maximum Gasteiger partial charge on any atom is 0.303 e. The van der Waals surface area contributed by atoms with Gasteiger partial charge in [0.25, 0.3) is 0 Å². The van der Waals surface area contributed by atoms with Gasteiger partial charge in [0.05, 0.1) is 10.7 Å². The number of aliphatic carboxylic acids is 1. The molecule has 0 unspecified atom stereocenters. The summed E-state index contributed by atoms with van der Waals surface area (Å²) in [5.41, 5.74) is 4.35. The van der Waals surface area contributed by atoms with Gasteiger partial charge in [-0.05, 0) is 47.4 Å². The van der Waals surface area contributed by atoms with Crippen LogP contribution in [0, 0.1) is 6.92 Å². The summed E-state index contributed by atoms with van der Waals surface area (Å²) in [6.07, 6.45) is 0.717. The molecule has 3 rings (SSSR count). The first-order valence-corrected chi connectivity index (χ1v) is 9.69. The molecular weight excluding hydrogens is 342 g/mol. The quantitative estimate of drug-likeness (QED) is 0.567. The Morgan fingerprint density at radius 2 is 1.81 bits per heavy atom. The molecule has 0 amide bonds. The Morgan fingerprint density at radius 1 is 1.08 bits per heavy atom. The number of carboxylic acid groups (broad SMARTS) is 1. The lowest BCUT2D eigenvalue weighted by Crippen LogP contribution is -1.97. The van der Waals surface area contributed by atoms with Gasteiger partial charge in [-0.3, -0.25) is 4.79 Å². The molecule has 1 heterocycles. The lowest BCUT2D eigenvalue weighted by Gasteiger charge is -2.11. The normalized spacial score (nSPS) is 11.2. The number of nitrogens with zero attached hydrogens (tertiary/aromatic N) is 1. The van der Waals surface area contributed by atoms with Crippen molar-refractivity contribution in [1.82, 2.24) is 4.98 Å². The van der Waals surface area contributed by atoms with E-state index in [0.29, 0.717) is 11.7 Å². The fraction of sp³-hybridized carbons (Fsp3) is 0.273. The van der Waals surface area contributed by atoms with E-state index < -0.39 is 5.97 Å². The average Bonchev–Trinajstić information content (AvgIpc) is 2.60. The molecular formula is C22H23NO2S. The second-order valence-electron chi connectivity index (χ2n) is 6.77. The molecule has 4 heteroatoms. The third-order valence-corrected chi connectivity index (χ3v) is 5.17. The van der Waals surface area contributed by atoms with E-state index in [2.05, 4.69) is 63.2 Å². The van der Waals surface area contributed by atoms with Crippen LogP contribution in [0.15, 0.2) is 53.6 Å². The monoisotopic (exact) mass is 365 g/mol. The van der Waals surface area contributed by atoms with Gasteiger partial charge in [0.15, 0.2) is 0 Å². The van der Waals surface area contributed by atoms with Crippen LogP contribution in [-0.4, -0.2) is 21.3 Å². The number of carboxylic acids is 1. The van der Waals surface area contributed by atoms with Crippen LogP contribution in [-0.2, 0) is 11.2 Å². The van der Waals surface area contributed by atoms with Crippen molar-refractivity contribution in [2.75, 3.05) is 0 Å². The molecule has 3 nitrogen and oxygen atoms in total.